The molecule has 1 atom stereocenters. The van der Waals surface area contributed by atoms with Crippen molar-refractivity contribution in [1.29, 1.82) is 0 Å². The SMILES string of the molecule is COc1cc2c(NC3CCCN(C(=O)O)C3)nc(N3CCCC3)nc2cc1OCc1ccccc1. The Morgan fingerprint density at radius 3 is 2.63 bits per heavy atom. The molecular weight excluding hydrogens is 446 g/mol. The van der Waals surface area contributed by atoms with Crippen LogP contribution in [0.25, 0.3) is 10.9 Å². The van der Waals surface area contributed by atoms with Crippen molar-refractivity contribution in [3.63, 3.8) is 0 Å². The standard InChI is InChI=1S/C26H31N5O4/c1-34-22-14-20-21(15-23(22)35-17-18-8-3-2-4-9-18)28-25(30-11-5-6-12-30)29-24(20)27-19-10-7-13-31(16-19)26(32)33/h2-4,8-9,14-15,19H,5-7,10-13,16-17H2,1H3,(H,32,33)(H,27,28,29). The summed E-state index contributed by atoms with van der Waals surface area (Å²) >= 11 is 0. The quantitative estimate of drug-likeness (QED) is 0.517. The van der Waals surface area contributed by atoms with Gasteiger partial charge in [-0.2, -0.15) is 4.98 Å². The van der Waals surface area contributed by atoms with Crippen LogP contribution in [-0.2, 0) is 6.61 Å². The van der Waals surface area contributed by atoms with Gasteiger partial charge in [-0.05, 0) is 37.3 Å². The lowest BCUT2D eigenvalue weighted by Gasteiger charge is -2.32. The fourth-order valence-corrected chi connectivity index (χ4v) is 4.76. The number of hydrogen-bond acceptors (Lipinski definition) is 7. The van der Waals surface area contributed by atoms with Gasteiger partial charge in [0.25, 0.3) is 0 Å². The van der Waals surface area contributed by atoms with Gasteiger partial charge < -0.3 is 29.7 Å². The summed E-state index contributed by atoms with van der Waals surface area (Å²) in [5, 5.41) is 13.8. The number of fused-ring (bicyclic) bond motifs is 1. The lowest BCUT2D eigenvalue weighted by Crippen LogP contribution is -2.44. The molecule has 0 saturated carbocycles. The van der Waals surface area contributed by atoms with Crippen molar-refractivity contribution in [3.8, 4) is 11.5 Å². The number of nitrogens with one attached hydrogen (secondary N) is 1. The number of nitrogens with zero attached hydrogens (tertiary/aromatic N) is 4. The van der Waals surface area contributed by atoms with E-state index in [1.54, 1.807) is 7.11 Å². The van der Waals surface area contributed by atoms with Crippen LogP contribution in [0.3, 0.4) is 0 Å². The van der Waals surface area contributed by atoms with E-state index in [1.807, 2.05) is 42.5 Å². The zero-order valence-corrected chi connectivity index (χ0v) is 19.9. The topological polar surface area (TPSA) is 100 Å². The first-order chi connectivity index (χ1) is 17.1. The molecule has 5 rings (SSSR count). The molecular formula is C26H31N5O4. The van der Waals surface area contributed by atoms with E-state index >= 15 is 0 Å². The Balaban J connectivity index is 1.49. The number of amides is 1. The minimum atomic E-state index is -0.885. The lowest BCUT2D eigenvalue weighted by molar-refractivity contribution is 0.133. The van der Waals surface area contributed by atoms with Crippen LogP contribution in [-0.4, -0.2) is 65.4 Å². The largest absolute Gasteiger partial charge is 0.493 e. The second-order valence-electron chi connectivity index (χ2n) is 9.07. The zero-order chi connectivity index (χ0) is 24.2. The van der Waals surface area contributed by atoms with Crippen LogP contribution in [0.1, 0.15) is 31.2 Å². The molecule has 0 spiro atoms. The van der Waals surface area contributed by atoms with Crippen molar-refractivity contribution < 1.29 is 19.4 Å². The maximum atomic E-state index is 11.5. The Morgan fingerprint density at radius 1 is 1.09 bits per heavy atom. The summed E-state index contributed by atoms with van der Waals surface area (Å²) in [6.07, 6.45) is 3.04. The van der Waals surface area contributed by atoms with E-state index in [1.165, 1.54) is 4.90 Å². The van der Waals surface area contributed by atoms with Crippen LogP contribution in [0.4, 0.5) is 16.6 Å². The van der Waals surface area contributed by atoms with Crippen molar-refractivity contribution in [2.45, 2.75) is 38.3 Å². The highest BCUT2D eigenvalue weighted by atomic mass is 16.5. The molecule has 2 fully saturated rings. The van der Waals surface area contributed by atoms with Gasteiger partial charge in [-0.1, -0.05) is 30.3 Å². The van der Waals surface area contributed by atoms with E-state index in [-0.39, 0.29) is 6.04 Å². The van der Waals surface area contributed by atoms with Crippen LogP contribution in [0.5, 0.6) is 11.5 Å². The summed E-state index contributed by atoms with van der Waals surface area (Å²) < 4.78 is 11.8. The van der Waals surface area contributed by atoms with Crippen molar-refractivity contribution >= 4 is 28.8 Å². The average Bonchev–Trinajstić information content (AvgIpc) is 3.43. The van der Waals surface area contributed by atoms with Gasteiger partial charge in [0.2, 0.25) is 5.95 Å². The number of hydrogen-bond donors (Lipinski definition) is 2. The Bertz CT molecular complexity index is 1180. The second-order valence-corrected chi connectivity index (χ2v) is 9.07. The van der Waals surface area contributed by atoms with Gasteiger partial charge in [-0.15, -0.1) is 0 Å². The third-order valence-corrected chi connectivity index (χ3v) is 6.63. The molecule has 3 aromatic rings. The second kappa shape index (κ2) is 10.2. The molecule has 9 nitrogen and oxygen atoms in total. The first kappa shape index (κ1) is 23.0. The van der Waals surface area contributed by atoms with Crippen molar-refractivity contribution in [2.24, 2.45) is 0 Å². The first-order valence-electron chi connectivity index (χ1n) is 12.2. The van der Waals surface area contributed by atoms with Crippen LogP contribution in [0.15, 0.2) is 42.5 Å². The molecule has 0 aliphatic carbocycles. The molecule has 0 bridgehead atoms. The van der Waals surface area contributed by atoms with E-state index in [0.717, 1.165) is 55.2 Å². The highest BCUT2D eigenvalue weighted by molar-refractivity contribution is 5.93. The molecule has 184 valence electrons. The third-order valence-electron chi connectivity index (χ3n) is 6.63. The monoisotopic (exact) mass is 477 g/mol. The first-order valence-corrected chi connectivity index (χ1v) is 12.2. The van der Waals surface area contributed by atoms with Gasteiger partial charge in [0.1, 0.15) is 12.4 Å². The molecule has 2 saturated heterocycles. The third kappa shape index (κ3) is 5.18. The Hall–Kier alpha value is -3.75. The smallest absolute Gasteiger partial charge is 0.407 e. The van der Waals surface area contributed by atoms with Gasteiger partial charge >= 0.3 is 6.09 Å². The highest BCUT2D eigenvalue weighted by Crippen LogP contribution is 2.36. The molecule has 35 heavy (non-hydrogen) atoms. The maximum absolute atomic E-state index is 11.5. The maximum Gasteiger partial charge on any atom is 0.407 e. The fourth-order valence-electron chi connectivity index (χ4n) is 4.76. The molecule has 2 aliphatic rings. The predicted molar refractivity (Wildman–Crippen MR) is 135 cm³/mol. The molecule has 9 heteroatoms. The van der Waals surface area contributed by atoms with Gasteiger partial charge in [0.15, 0.2) is 11.5 Å². The number of benzene rings is 2. The molecule has 0 radical (unpaired) electrons. The number of aromatic nitrogens is 2. The summed E-state index contributed by atoms with van der Waals surface area (Å²) in [5.74, 6) is 2.60. The van der Waals surface area contributed by atoms with E-state index in [4.69, 9.17) is 19.4 Å². The molecule has 2 aliphatic heterocycles. The van der Waals surface area contributed by atoms with E-state index in [0.29, 0.717) is 43.0 Å². The molecule has 1 aromatic heterocycles. The number of rotatable bonds is 7. The summed E-state index contributed by atoms with van der Waals surface area (Å²) in [7, 11) is 1.62. The van der Waals surface area contributed by atoms with Crippen LogP contribution >= 0.6 is 0 Å². The average molecular weight is 478 g/mol. The van der Waals surface area contributed by atoms with Gasteiger partial charge in [0.05, 0.1) is 12.6 Å². The Kier molecular flexibility index (Phi) is 6.74. The summed E-state index contributed by atoms with van der Waals surface area (Å²) in [5.41, 5.74) is 1.83. The highest BCUT2D eigenvalue weighted by Gasteiger charge is 2.25. The van der Waals surface area contributed by atoms with Crippen LogP contribution in [0.2, 0.25) is 0 Å². The Labute approximate surface area is 204 Å². The van der Waals surface area contributed by atoms with Gasteiger partial charge in [-0.3, -0.25) is 0 Å². The number of carbonyl (C=O) groups is 1. The van der Waals surface area contributed by atoms with Gasteiger partial charge in [-0.25, -0.2) is 9.78 Å². The fraction of sp³-hybridized carbons (Fsp3) is 0.423. The Morgan fingerprint density at radius 2 is 1.89 bits per heavy atom. The van der Waals surface area contributed by atoms with Crippen molar-refractivity contribution in [2.75, 3.05) is 43.5 Å². The minimum absolute atomic E-state index is 0.0237. The molecule has 1 unspecified atom stereocenters. The van der Waals surface area contributed by atoms with Crippen molar-refractivity contribution in [1.82, 2.24) is 14.9 Å². The molecule has 1 amide bonds. The zero-order valence-electron chi connectivity index (χ0n) is 19.9. The van der Waals surface area contributed by atoms with Crippen molar-refractivity contribution in [3.05, 3.63) is 48.0 Å². The van der Waals surface area contributed by atoms with E-state index < -0.39 is 6.09 Å². The molecule has 2 aromatic carbocycles. The van der Waals surface area contributed by atoms with E-state index in [2.05, 4.69) is 10.2 Å². The summed E-state index contributed by atoms with van der Waals surface area (Å²) in [4.78, 5) is 24.9. The van der Waals surface area contributed by atoms with Gasteiger partial charge in [0, 0.05) is 43.7 Å². The number of carboxylic acid groups (broad SMARTS) is 1. The number of anilines is 2. The lowest BCUT2D eigenvalue weighted by atomic mass is 10.1. The number of piperidine rings is 1. The number of ether oxygens (including phenoxy) is 2. The van der Waals surface area contributed by atoms with Crippen LogP contribution in [0, 0.1) is 0 Å². The number of methoxy groups -OCH3 is 1. The number of likely N-dealkylation sites (tertiary alicyclic amines) is 1. The summed E-state index contributed by atoms with van der Waals surface area (Å²) in [6, 6.07) is 13.8. The summed E-state index contributed by atoms with van der Waals surface area (Å²) in [6.45, 7) is 3.26. The minimum Gasteiger partial charge on any atom is -0.493 e. The predicted octanol–water partition coefficient (Wildman–Crippen LogP) is 4.37. The molecule has 3 heterocycles. The van der Waals surface area contributed by atoms with Crippen LogP contribution < -0.4 is 19.7 Å². The normalized spacial score (nSPS) is 18.0. The van der Waals surface area contributed by atoms with E-state index in [9.17, 15) is 9.90 Å². The molecule has 2 N–H and O–H groups in total.